The van der Waals surface area contributed by atoms with Crippen molar-refractivity contribution in [3.8, 4) is 22.5 Å². The molecule has 0 bridgehead atoms. The molecule has 1 aliphatic heterocycles. The normalized spacial score (nSPS) is 16.4. The molecule has 118 valence electrons. The third-order valence-electron chi connectivity index (χ3n) is 3.89. The van der Waals surface area contributed by atoms with E-state index in [-0.39, 0.29) is 11.8 Å². The van der Waals surface area contributed by atoms with Crippen molar-refractivity contribution in [2.75, 3.05) is 0 Å². The molecule has 4 rings (SSSR count). The minimum absolute atomic E-state index is 0.0687. The van der Waals surface area contributed by atoms with E-state index in [2.05, 4.69) is 16.3 Å². The summed E-state index contributed by atoms with van der Waals surface area (Å²) in [6.07, 6.45) is 0. The number of nitrogens with zero attached hydrogens (tertiary/aromatic N) is 2. The number of halogens is 1. The molecule has 1 aliphatic rings. The Balaban J connectivity index is 1.97. The molecule has 1 atom stereocenters. The molecule has 24 heavy (non-hydrogen) atoms. The van der Waals surface area contributed by atoms with Crippen LogP contribution in [0.1, 0.15) is 17.0 Å². The van der Waals surface area contributed by atoms with Crippen LogP contribution in [0.15, 0.2) is 53.2 Å². The predicted molar refractivity (Wildman–Crippen MR) is 92.7 cm³/mol. The third-order valence-corrected chi connectivity index (χ3v) is 5.01. The number of hydrogen-bond donors (Lipinski definition) is 2. The summed E-state index contributed by atoms with van der Waals surface area (Å²) in [5.74, 6) is 0.0763. The molecule has 0 amide bonds. The minimum Gasteiger partial charge on any atom is -0.420 e. The van der Waals surface area contributed by atoms with Crippen LogP contribution in [0, 0.1) is 11.3 Å². The lowest BCUT2D eigenvalue weighted by Gasteiger charge is -2.24. The predicted octanol–water partition coefficient (Wildman–Crippen LogP) is 4.01. The molecule has 2 aromatic heterocycles. The van der Waals surface area contributed by atoms with E-state index in [4.69, 9.17) is 22.1 Å². The topological polar surface area (TPSA) is 87.7 Å². The number of benzene rings is 1. The Morgan fingerprint density at radius 1 is 1.33 bits per heavy atom. The number of rotatable bonds is 2. The van der Waals surface area contributed by atoms with Crippen LogP contribution in [-0.2, 0) is 0 Å². The molecule has 0 spiro atoms. The molecule has 7 heteroatoms. The third kappa shape index (κ3) is 2.26. The lowest BCUT2D eigenvalue weighted by molar-refractivity contribution is 0.379. The Kier molecular flexibility index (Phi) is 3.53. The number of aromatic amines is 1. The molecule has 3 heterocycles. The van der Waals surface area contributed by atoms with Crippen LogP contribution in [0.5, 0.6) is 5.88 Å². The summed E-state index contributed by atoms with van der Waals surface area (Å²) in [5.41, 5.74) is 8.79. The highest BCUT2D eigenvalue weighted by atomic mass is 35.5. The smallest absolute Gasteiger partial charge is 0.244 e. The van der Waals surface area contributed by atoms with E-state index in [0.29, 0.717) is 16.5 Å². The van der Waals surface area contributed by atoms with Gasteiger partial charge < -0.3 is 10.5 Å². The highest BCUT2D eigenvalue weighted by Crippen LogP contribution is 2.46. The van der Waals surface area contributed by atoms with E-state index in [1.807, 2.05) is 35.7 Å². The molecular weight excluding hydrogens is 344 g/mol. The summed E-state index contributed by atoms with van der Waals surface area (Å²) >= 11 is 7.73. The maximum Gasteiger partial charge on any atom is 0.244 e. The number of hydrogen-bond acceptors (Lipinski definition) is 5. The number of ether oxygens (including phenoxy) is 1. The van der Waals surface area contributed by atoms with Gasteiger partial charge in [-0.15, -0.1) is 16.4 Å². The fraction of sp³-hybridized carbons (Fsp3) is 0.0588. The average Bonchev–Trinajstić information content (AvgIpc) is 3.22. The molecule has 3 N–H and O–H groups in total. The lowest BCUT2D eigenvalue weighted by Crippen LogP contribution is -2.20. The first-order valence-corrected chi connectivity index (χ1v) is 8.40. The van der Waals surface area contributed by atoms with Gasteiger partial charge in [-0.3, -0.25) is 5.10 Å². The van der Waals surface area contributed by atoms with Crippen LogP contribution in [-0.4, -0.2) is 10.2 Å². The highest BCUT2D eigenvalue weighted by molar-refractivity contribution is 7.13. The zero-order chi connectivity index (χ0) is 16.7. The van der Waals surface area contributed by atoms with Gasteiger partial charge in [0.1, 0.15) is 11.6 Å². The molecule has 5 nitrogen and oxygen atoms in total. The summed E-state index contributed by atoms with van der Waals surface area (Å²) in [6, 6.07) is 13.5. The number of nitriles is 1. The molecule has 3 aromatic rings. The first-order chi connectivity index (χ1) is 11.7. The van der Waals surface area contributed by atoms with Crippen molar-refractivity contribution in [2.45, 2.75) is 5.92 Å². The molecule has 0 unspecified atom stereocenters. The van der Waals surface area contributed by atoms with Crippen molar-refractivity contribution >= 4 is 22.9 Å². The van der Waals surface area contributed by atoms with Crippen molar-refractivity contribution in [2.24, 2.45) is 5.73 Å². The molecular formula is C17H11ClN4OS. The van der Waals surface area contributed by atoms with Crippen LogP contribution in [0.2, 0.25) is 5.02 Å². The maximum atomic E-state index is 9.62. The van der Waals surface area contributed by atoms with Gasteiger partial charge in [-0.1, -0.05) is 29.8 Å². The highest BCUT2D eigenvalue weighted by Gasteiger charge is 2.35. The van der Waals surface area contributed by atoms with Gasteiger partial charge in [0.2, 0.25) is 11.8 Å². The number of allylic oxidation sites excluding steroid dienone is 1. The Bertz CT molecular complexity index is 984. The Morgan fingerprint density at radius 2 is 2.21 bits per heavy atom. The van der Waals surface area contributed by atoms with E-state index in [1.165, 1.54) is 0 Å². The van der Waals surface area contributed by atoms with Crippen molar-refractivity contribution in [3.05, 3.63) is 69.4 Å². The number of thiophene rings is 1. The van der Waals surface area contributed by atoms with Gasteiger partial charge in [0, 0.05) is 5.02 Å². The molecule has 0 radical (unpaired) electrons. The molecule has 0 saturated heterocycles. The van der Waals surface area contributed by atoms with Crippen LogP contribution < -0.4 is 10.5 Å². The fourth-order valence-corrected chi connectivity index (χ4v) is 3.81. The quantitative estimate of drug-likeness (QED) is 0.727. The molecule has 0 aliphatic carbocycles. The number of fused-ring (bicyclic) bond motifs is 1. The molecule has 0 saturated carbocycles. The van der Waals surface area contributed by atoms with Crippen molar-refractivity contribution in [1.29, 1.82) is 5.26 Å². The zero-order valence-electron chi connectivity index (χ0n) is 12.3. The monoisotopic (exact) mass is 354 g/mol. The summed E-state index contributed by atoms with van der Waals surface area (Å²) in [7, 11) is 0. The number of H-pyrrole nitrogens is 1. The minimum atomic E-state index is -0.381. The Morgan fingerprint density at radius 3 is 2.92 bits per heavy atom. The number of nitrogens with two attached hydrogens (primary N) is 1. The van der Waals surface area contributed by atoms with E-state index in [1.54, 1.807) is 17.4 Å². The summed E-state index contributed by atoms with van der Waals surface area (Å²) in [5, 5.41) is 19.4. The van der Waals surface area contributed by atoms with E-state index in [0.717, 1.165) is 21.7 Å². The van der Waals surface area contributed by atoms with Gasteiger partial charge in [0.15, 0.2) is 0 Å². The first-order valence-electron chi connectivity index (χ1n) is 7.14. The van der Waals surface area contributed by atoms with Crippen LogP contribution in [0.25, 0.3) is 10.6 Å². The number of nitrogens with one attached hydrogen (secondary N) is 1. The van der Waals surface area contributed by atoms with E-state index < -0.39 is 0 Å². The number of aromatic nitrogens is 2. The average molecular weight is 355 g/mol. The second kappa shape index (κ2) is 5.71. The van der Waals surface area contributed by atoms with E-state index in [9.17, 15) is 5.26 Å². The molecule has 0 fully saturated rings. The largest absolute Gasteiger partial charge is 0.420 e. The van der Waals surface area contributed by atoms with Gasteiger partial charge >= 0.3 is 0 Å². The van der Waals surface area contributed by atoms with Crippen molar-refractivity contribution in [3.63, 3.8) is 0 Å². The standard InChI is InChI=1S/C17H11ClN4OS/c18-10-4-1-3-9(7-10)13-11(8-19)16(20)23-17-14(13)15(21-22-17)12-5-2-6-24-12/h1-7,13H,20H2,(H,21,22)/t13-/m0/s1. The second-order valence-electron chi connectivity index (χ2n) is 5.27. The second-order valence-corrected chi connectivity index (χ2v) is 6.66. The zero-order valence-corrected chi connectivity index (χ0v) is 13.9. The van der Waals surface area contributed by atoms with E-state index >= 15 is 0 Å². The molecule has 1 aromatic carbocycles. The SMILES string of the molecule is N#CC1=C(N)Oc2n[nH]c(-c3cccs3)c2[C@H]1c1cccc(Cl)c1. The summed E-state index contributed by atoms with van der Waals surface area (Å²) in [4.78, 5) is 1.01. The van der Waals surface area contributed by atoms with Crippen LogP contribution in [0.3, 0.4) is 0 Å². The van der Waals surface area contributed by atoms with Gasteiger partial charge in [0.05, 0.1) is 22.1 Å². The van der Waals surface area contributed by atoms with Crippen LogP contribution in [0.4, 0.5) is 0 Å². The van der Waals surface area contributed by atoms with Crippen molar-refractivity contribution < 1.29 is 4.74 Å². The summed E-state index contributed by atoms with van der Waals surface area (Å²) in [6.45, 7) is 0. The summed E-state index contributed by atoms with van der Waals surface area (Å²) < 4.78 is 5.56. The van der Waals surface area contributed by atoms with Crippen molar-refractivity contribution in [1.82, 2.24) is 10.2 Å². The Labute approximate surface area is 146 Å². The first kappa shape index (κ1) is 14.8. The van der Waals surface area contributed by atoms with Gasteiger partial charge in [-0.05, 0) is 29.1 Å². The van der Waals surface area contributed by atoms with Gasteiger partial charge in [0.25, 0.3) is 0 Å². The van der Waals surface area contributed by atoms with Gasteiger partial charge in [-0.2, -0.15) is 5.26 Å². The lowest BCUT2D eigenvalue weighted by atomic mass is 9.84. The Hall–Kier alpha value is -2.75. The maximum absolute atomic E-state index is 9.62. The van der Waals surface area contributed by atoms with Crippen LogP contribution >= 0.6 is 22.9 Å². The van der Waals surface area contributed by atoms with Gasteiger partial charge in [-0.25, -0.2) is 0 Å². The fourth-order valence-electron chi connectivity index (χ4n) is 2.87.